The zero-order chi connectivity index (χ0) is 15.5. The van der Waals surface area contributed by atoms with Crippen molar-refractivity contribution < 1.29 is 4.79 Å². The molecule has 0 atom stereocenters. The molecule has 1 heterocycles. The fourth-order valence-corrected chi connectivity index (χ4v) is 4.75. The second-order valence-electron chi connectivity index (χ2n) is 5.06. The number of thioether (sulfide) groups is 1. The Balaban J connectivity index is 1.88. The molecular formula is C17H16N2OS2. The molecule has 1 N–H and O–H groups in total. The van der Waals surface area contributed by atoms with Crippen LogP contribution in [0.4, 0.5) is 5.00 Å². The van der Waals surface area contributed by atoms with E-state index in [4.69, 9.17) is 0 Å². The van der Waals surface area contributed by atoms with Crippen molar-refractivity contribution in [3.05, 3.63) is 45.8 Å². The number of carbonyl (C=O) groups is 1. The summed E-state index contributed by atoms with van der Waals surface area (Å²) in [4.78, 5) is 14.8. The van der Waals surface area contributed by atoms with Crippen LogP contribution in [0.3, 0.4) is 0 Å². The minimum Gasteiger partial charge on any atom is -0.312 e. The lowest BCUT2D eigenvalue weighted by Gasteiger charge is -2.08. The standard InChI is InChI=1S/C17H16N2OS2/c1-2-21-14-8-4-3-6-12(14)16(20)19-17-13(10-18)11-7-5-9-15(11)22-17/h3-4,6,8H,2,5,7,9H2,1H3,(H,19,20). The average Bonchev–Trinajstić information content (AvgIpc) is 3.08. The molecule has 1 aliphatic rings. The van der Waals surface area contributed by atoms with E-state index < -0.39 is 0 Å². The first-order valence-corrected chi connectivity index (χ1v) is 9.12. The van der Waals surface area contributed by atoms with Crippen LogP contribution in [0.5, 0.6) is 0 Å². The summed E-state index contributed by atoms with van der Waals surface area (Å²) in [5, 5.41) is 13.0. The summed E-state index contributed by atoms with van der Waals surface area (Å²) in [7, 11) is 0. The summed E-state index contributed by atoms with van der Waals surface area (Å²) in [5.41, 5.74) is 2.47. The van der Waals surface area contributed by atoms with E-state index in [1.807, 2.05) is 24.3 Å². The summed E-state index contributed by atoms with van der Waals surface area (Å²) in [6.07, 6.45) is 3.08. The van der Waals surface area contributed by atoms with Crippen molar-refractivity contribution in [2.75, 3.05) is 11.1 Å². The topological polar surface area (TPSA) is 52.9 Å². The number of benzene rings is 1. The van der Waals surface area contributed by atoms with Crippen LogP contribution in [-0.4, -0.2) is 11.7 Å². The molecule has 0 unspecified atom stereocenters. The molecule has 0 fully saturated rings. The molecule has 3 nitrogen and oxygen atoms in total. The van der Waals surface area contributed by atoms with Crippen molar-refractivity contribution in [2.24, 2.45) is 0 Å². The second-order valence-corrected chi connectivity index (χ2v) is 7.47. The molecule has 0 saturated carbocycles. The van der Waals surface area contributed by atoms with Gasteiger partial charge in [-0.3, -0.25) is 4.79 Å². The van der Waals surface area contributed by atoms with Crippen LogP contribution < -0.4 is 5.32 Å². The number of hydrogen-bond acceptors (Lipinski definition) is 4. The van der Waals surface area contributed by atoms with Gasteiger partial charge in [-0.2, -0.15) is 5.26 Å². The Labute approximate surface area is 138 Å². The first-order chi connectivity index (χ1) is 10.7. The Kier molecular flexibility index (Phi) is 4.51. The van der Waals surface area contributed by atoms with Crippen molar-refractivity contribution in [2.45, 2.75) is 31.1 Å². The second kappa shape index (κ2) is 6.55. The molecule has 0 bridgehead atoms. The number of amides is 1. The summed E-state index contributed by atoms with van der Waals surface area (Å²) in [6.45, 7) is 2.07. The molecule has 112 valence electrons. The van der Waals surface area contributed by atoms with Gasteiger partial charge in [-0.1, -0.05) is 19.1 Å². The fraction of sp³-hybridized carbons (Fsp3) is 0.294. The van der Waals surface area contributed by atoms with E-state index in [-0.39, 0.29) is 5.91 Å². The van der Waals surface area contributed by atoms with Gasteiger partial charge in [0, 0.05) is 9.77 Å². The highest BCUT2D eigenvalue weighted by atomic mass is 32.2. The van der Waals surface area contributed by atoms with Gasteiger partial charge >= 0.3 is 0 Å². The Morgan fingerprint density at radius 1 is 1.41 bits per heavy atom. The number of nitrogens with zero attached hydrogens (tertiary/aromatic N) is 1. The Morgan fingerprint density at radius 3 is 3.00 bits per heavy atom. The summed E-state index contributed by atoms with van der Waals surface area (Å²) < 4.78 is 0. The lowest BCUT2D eigenvalue weighted by atomic mass is 10.1. The maximum Gasteiger partial charge on any atom is 0.257 e. The van der Waals surface area contributed by atoms with Crippen molar-refractivity contribution in [3.63, 3.8) is 0 Å². The maximum absolute atomic E-state index is 12.6. The fourth-order valence-electron chi connectivity index (χ4n) is 2.72. The normalized spacial score (nSPS) is 12.7. The van der Waals surface area contributed by atoms with E-state index in [0.717, 1.165) is 35.5 Å². The first kappa shape index (κ1) is 15.1. The summed E-state index contributed by atoms with van der Waals surface area (Å²) in [6, 6.07) is 9.87. The number of nitrogens with one attached hydrogen (secondary N) is 1. The molecular weight excluding hydrogens is 312 g/mol. The molecule has 0 spiro atoms. The van der Waals surface area contributed by atoms with Crippen LogP contribution in [0.2, 0.25) is 0 Å². The van der Waals surface area contributed by atoms with Crippen LogP contribution in [0, 0.1) is 11.3 Å². The van der Waals surface area contributed by atoms with E-state index in [9.17, 15) is 10.1 Å². The first-order valence-electron chi connectivity index (χ1n) is 7.32. The van der Waals surface area contributed by atoms with Gasteiger partial charge in [0.25, 0.3) is 5.91 Å². The third-order valence-corrected chi connectivity index (χ3v) is 5.85. The van der Waals surface area contributed by atoms with Gasteiger partial charge in [-0.25, -0.2) is 0 Å². The molecule has 3 rings (SSSR count). The lowest BCUT2D eigenvalue weighted by Crippen LogP contribution is -2.13. The van der Waals surface area contributed by atoms with E-state index in [1.54, 1.807) is 23.1 Å². The number of aryl methyl sites for hydroxylation is 1. The van der Waals surface area contributed by atoms with Crippen molar-refractivity contribution in [1.82, 2.24) is 0 Å². The van der Waals surface area contributed by atoms with Crippen LogP contribution in [0.1, 0.15) is 39.7 Å². The van der Waals surface area contributed by atoms with Crippen LogP contribution in [0.25, 0.3) is 0 Å². The predicted octanol–water partition coefficient (Wildman–Crippen LogP) is 4.47. The molecule has 0 radical (unpaired) electrons. The number of rotatable bonds is 4. The molecule has 1 amide bonds. The van der Waals surface area contributed by atoms with E-state index in [0.29, 0.717) is 16.1 Å². The van der Waals surface area contributed by atoms with Gasteiger partial charge in [0.1, 0.15) is 11.1 Å². The molecule has 1 aromatic carbocycles. The summed E-state index contributed by atoms with van der Waals surface area (Å²) in [5.74, 6) is 0.786. The third kappa shape index (κ3) is 2.77. The highest BCUT2D eigenvalue weighted by molar-refractivity contribution is 7.99. The zero-order valence-corrected chi connectivity index (χ0v) is 13.9. The minimum atomic E-state index is -0.132. The van der Waals surface area contributed by atoms with Gasteiger partial charge in [0.05, 0.1) is 11.1 Å². The number of fused-ring (bicyclic) bond motifs is 1. The molecule has 0 saturated heterocycles. The Morgan fingerprint density at radius 2 is 2.23 bits per heavy atom. The molecule has 1 aromatic heterocycles. The van der Waals surface area contributed by atoms with Gasteiger partial charge in [-0.05, 0) is 42.7 Å². The zero-order valence-electron chi connectivity index (χ0n) is 12.3. The number of anilines is 1. The van der Waals surface area contributed by atoms with Gasteiger partial charge < -0.3 is 5.32 Å². The predicted molar refractivity (Wildman–Crippen MR) is 91.9 cm³/mol. The minimum absolute atomic E-state index is 0.132. The highest BCUT2D eigenvalue weighted by Crippen LogP contribution is 2.39. The smallest absolute Gasteiger partial charge is 0.257 e. The van der Waals surface area contributed by atoms with E-state index in [1.165, 1.54) is 4.88 Å². The van der Waals surface area contributed by atoms with Crippen molar-refractivity contribution in [3.8, 4) is 6.07 Å². The van der Waals surface area contributed by atoms with Gasteiger partial charge in [-0.15, -0.1) is 23.1 Å². The number of thiophene rings is 1. The van der Waals surface area contributed by atoms with Crippen LogP contribution in [0.15, 0.2) is 29.2 Å². The largest absolute Gasteiger partial charge is 0.312 e. The molecule has 5 heteroatoms. The SMILES string of the molecule is CCSc1ccccc1C(=O)Nc1sc2c(c1C#N)CCC2. The van der Waals surface area contributed by atoms with E-state index in [2.05, 4.69) is 18.3 Å². The van der Waals surface area contributed by atoms with Crippen LogP contribution >= 0.6 is 23.1 Å². The maximum atomic E-state index is 12.6. The average molecular weight is 328 g/mol. The Bertz CT molecular complexity index is 759. The third-order valence-electron chi connectivity index (χ3n) is 3.69. The molecule has 0 aliphatic heterocycles. The number of nitriles is 1. The Hall–Kier alpha value is -1.77. The highest BCUT2D eigenvalue weighted by Gasteiger charge is 2.23. The monoisotopic (exact) mass is 328 g/mol. The van der Waals surface area contributed by atoms with E-state index >= 15 is 0 Å². The van der Waals surface area contributed by atoms with Crippen molar-refractivity contribution in [1.29, 1.82) is 5.26 Å². The van der Waals surface area contributed by atoms with Crippen molar-refractivity contribution >= 4 is 34.0 Å². The molecule has 2 aromatic rings. The van der Waals surface area contributed by atoms with Gasteiger partial charge in [0.2, 0.25) is 0 Å². The van der Waals surface area contributed by atoms with Gasteiger partial charge in [0.15, 0.2) is 0 Å². The molecule has 22 heavy (non-hydrogen) atoms. The summed E-state index contributed by atoms with van der Waals surface area (Å²) >= 11 is 3.21. The number of carbonyl (C=O) groups excluding carboxylic acids is 1. The molecule has 1 aliphatic carbocycles. The quantitative estimate of drug-likeness (QED) is 0.842. The number of hydrogen-bond donors (Lipinski definition) is 1. The lowest BCUT2D eigenvalue weighted by molar-refractivity contribution is 0.102. The van der Waals surface area contributed by atoms with Crippen LogP contribution in [-0.2, 0) is 12.8 Å².